The van der Waals surface area contributed by atoms with Crippen LogP contribution in [0.2, 0.25) is 0 Å². The van der Waals surface area contributed by atoms with Gasteiger partial charge in [-0.25, -0.2) is 4.79 Å². The highest BCUT2D eigenvalue weighted by Crippen LogP contribution is 2.65. The van der Waals surface area contributed by atoms with E-state index in [-0.39, 0.29) is 42.2 Å². The Kier molecular flexibility index (Phi) is 7.57. The molecule has 210 valence electrons. The number of fused-ring (bicyclic) bond motifs is 5. The minimum atomic E-state index is -1.06. The van der Waals surface area contributed by atoms with E-state index >= 15 is 0 Å². The predicted molar refractivity (Wildman–Crippen MR) is 141 cm³/mol. The van der Waals surface area contributed by atoms with Crippen molar-refractivity contribution in [2.45, 2.75) is 90.8 Å². The lowest BCUT2D eigenvalue weighted by atomic mass is 9.47. The minimum absolute atomic E-state index is 0.0375. The number of carbonyl (C=O) groups is 4. The number of rotatable bonds is 7. The normalized spacial score (nSPS) is 33.2. The SMILES string of the molecule is C[C@]12CC[C@H]3[C@@H](CCC4=CC(=O)CC[C@@]43C)[C@@H]1CC[C@@H]2OC(=O)OCc1ccc(OC(=O)CCC(=O)O)cc1. The molecule has 0 aromatic heterocycles. The maximum absolute atomic E-state index is 12.7. The van der Waals surface area contributed by atoms with E-state index in [9.17, 15) is 19.2 Å². The molecule has 5 rings (SSSR count). The van der Waals surface area contributed by atoms with Crippen LogP contribution in [0.5, 0.6) is 5.75 Å². The molecule has 0 saturated heterocycles. The Balaban J connectivity index is 1.14. The Morgan fingerprint density at radius 1 is 0.949 bits per heavy atom. The van der Waals surface area contributed by atoms with Crippen LogP contribution in [0.25, 0.3) is 0 Å². The third-order valence-electron chi connectivity index (χ3n) is 10.2. The summed E-state index contributed by atoms with van der Waals surface area (Å²) in [6.07, 6.45) is 8.37. The zero-order chi connectivity index (χ0) is 27.8. The Labute approximate surface area is 229 Å². The van der Waals surface area contributed by atoms with Crippen LogP contribution in [0, 0.1) is 28.6 Å². The Bertz CT molecular complexity index is 1170. The number of benzene rings is 1. The summed E-state index contributed by atoms with van der Waals surface area (Å²) in [6.45, 7) is 4.70. The van der Waals surface area contributed by atoms with Crippen molar-refractivity contribution in [1.82, 2.24) is 0 Å². The van der Waals surface area contributed by atoms with Gasteiger partial charge in [0, 0.05) is 11.8 Å². The predicted octanol–water partition coefficient (Wildman–Crippen LogP) is 6.01. The van der Waals surface area contributed by atoms with Gasteiger partial charge in [0.15, 0.2) is 5.78 Å². The lowest BCUT2D eigenvalue weighted by Gasteiger charge is -2.57. The molecule has 1 aromatic carbocycles. The molecule has 6 atom stereocenters. The van der Waals surface area contributed by atoms with Crippen LogP contribution in [0.4, 0.5) is 4.79 Å². The summed E-state index contributed by atoms with van der Waals surface area (Å²) in [5, 5.41) is 8.66. The summed E-state index contributed by atoms with van der Waals surface area (Å²) < 4.78 is 16.5. The number of hydrogen-bond donors (Lipinski definition) is 1. The largest absolute Gasteiger partial charge is 0.508 e. The molecule has 3 fully saturated rings. The van der Waals surface area contributed by atoms with E-state index in [1.165, 1.54) is 5.57 Å². The Hall–Kier alpha value is -3.16. The first kappa shape index (κ1) is 27.4. The minimum Gasteiger partial charge on any atom is -0.481 e. The van der Waals surface area contributed by atoms with E-state index in [0.29, 0.717) is 29.9 Å². The van der Waals surface area contributed by atoms with Gasteiger partial charge in [-0.2, -0.15) is 0 Å². The fourth-order valence-electron chi connectivity index (χ4n) is 8.04. The van der Waals surface area contributed by atoms with Crippen LogP contribution in [-0.2, 0) is 30.5 Å². The number of aliphatic carboxylic acids is 1. The van der Waals surface area contributed by atoms with Crippen LogP contribution in [-0.4, -0.2) is 35.1 Å². The van der Waals surface area contributed by atoms with Gasteiger partial charge in [-0.1, -0.05) is 31.6 Å². The first-order valence-electron chi connectivity index (χ1n) is 14.2. The van der Waals surface area contributed by atoms with E-state index < -0.39 is 18.1 Å². The molecule has 1 aromatic rings. The third kappa shape index (κ3) is 5.48. The van der Waals surface area contributed by atoms with Crippen LogP contribution >= 0.6 is 0 Å². The second kappa shape index (κ2) is 10.8. The van der Waals surface area contributed by atoms with Gasteiger partial charge in [-0.3, -0.25) is 14.4 Å². The van der Waals surface area contributed by atoms with Gasteiger partial charge < -0.3 is 19.3 Å². The quantitative estimate of drug-likeness (QED) is 0.331. The zero-order valence-electron chi connectivity index (χ0n) is 22.8. The van der Waals surface area contributed by atoms with E-state index in [4.69, 9.17) is 19.3 Å². The van der Waals surface area contributed by atoms with Gasteiger partial charge in [-0.15, -0.1) is 0 Å². The van der Waals surface area contributed by atoms with Gasteiger partial charge in [0.05, 0.1) is 12.8 Å². The number of hydrogen-bond acceptors (Lipinski definition) is 7. The summed E-state index contributed by atoms with van der Waals surface area (Å²) in [5.74, 6) is 0.609. The summed E-state index contributed by atoms with van der Waals surface area (Å²) >= 11 is 0. The average Bonchev–Trinajstić information content (AvgIpc) is 3.23. The van der Waals surface area contributed by atoms with Crippen LogP contribution in [0.15, 0.2) is 35.9 Å². The summed E-state index contributed by atoms with van der Waals surface area (Å²) in [7, 11) is 0. The van der Waals surface area contributed by atoms with E-state index in [2.05, 4.69) is 13.8 Å². The zero-order valence-corrected chi connectivity index (χ0v) is 22.8. The molecule has 0 unspecified atom stereocenters. The second-order valence-electron chi connectivity index (χ2n) is 12.2. The van der Waals surface area contributed by atoms with E-state index in [1.54, 1.807) is 24.3 Å². The van der Waals surface area contributed by atoms with Crippen molar-refractivity contribution in [3.8, 4) is 5.75 Å². The van der Waals surface area contributed by atoms with Crippen molar-refractivity contribution in [3.05, 3.63) is 41.5 Å². The van der Waals surface area contributed by atoms with Crippen molar-refractivity contribution in [1.29, 1.82) is 0 Å². The molecule has 0 radical (unpaired) electrons. The van der Waals surface area contributed by atoms with Gasteiger partial charge in [0.25, 0.3) is 0 Å². The molecule has 1 N–H and O–H groups in total. The number of esters is 1. The molecule has 0 spiro atoms. The maximum atomic E-state index is 12.7. The number of ether oxygens (including phenoxy) is 3. The number of carboxylic acid groups (broad SMARTS) is 1. The van der Waals surface area contributed by atoms with Crippen molar-refractivity contribution in [2.24, 2.45) is 28.6 Å². The number of carbonyl (C=O) groups excluding carboxylic acids is 3. The molecule has 3 saturated carbocycles. The molecule has 4 aliphatic rings. The number of allylic oxidation sites excluding steroid dienone is 1. The van der Waals surface area contributed by atoms with E-state index in [0.717, 1.165) is 50.5 Å². The van der Waals surface area contributed by atoms with Crippen LogP contribution < -0.4 is 4.74 Å². The summed E-state index contributed by atoms with van der Waals surface area (Å²) in [5.41, 5.74) is 2.15. The fourth-order valence-corrected chi connectivity index (χ4v) is 8.04. The van der Waals surface area contributed by atoms with Gasteiger partial charge in [0.1, 0.15) is 18.5 Å². The molecule has 39 heavy (non-hydrogen) atoms. The smallest absolute Gasteiger partial charge is 0.481 e. The van der Waals surface area contributed by atoms with Crippen molar-refractivity contribution in [3.63, 3.8) is 0 Å². The van der Waals surface area contributed by atoms with Gasteiger partial charge in [-0.05, 0) is 91.9 Å². The van der Waals surface area contributed by atoms with Crippen molar-refractivity contribution in [2.75, 3.05) is 0 Å². The van der Waals surface area contributed by atoms with Crippen molar-refractivity contribution >= 4 is 23.9 Å². The van der Waals surface area contributed by atoms with Gasteiger partial charge in [0.2, 0.25) is 0 Å². The molecular formula is C31H38O8. The Morgan fingerprint density at radius 2 is 1.72 bits per heavy atom. The molecule has 8 nitrogen and oxygen atoms in total. The highest BCUT2D eigenvalue weighted by Gasteiger charge is 2.60. The third-order valence-corrected chi connectivity index (χ3v) is 10.2. The topological polar surface area (TPSA) is 116 Å². The standard InChI is InChI=1S/C31H38O8/c1-30-15-13-21(32)17-20(30)5-8-23-24-9-10-26(31(24,2)16-14-25(23)30)39-29(36)37-18-19-3-6-22(7-4-19)38-28(35)12-11-27(33)34/h3-4,6-7,17,23-26H,5,8-16,18H2,1-2H3,(H,33,34)/t23-,24-,25-,26-,30-,31-/m0/s1. The highest BCUT2D eigenvalue weighted by atomic mass is 16.7. The average molecular weight is 539 g/mol. The lowest BCUT2D eigenvalue weighted by Crippen LogP contribution is -2.51. The van der Waals surface area contributed by atoms with Crippen molar-refractivity contribution < 1.29 is 38.5 Å². The summed E-state index contributed by atoms with van der Waals surface area (Å²) in [6, 6.07) is 6.54. The molecular weight excluding hydrogens is 500 g/mol. The first-order valence-corrected chi connectivity index (χ1v) is 14.2. The second-order valence-corrected chi connectivity index (χ2v) is 12.2. The fraction of sp³-hybridized carbons (Fsp3) is 0.613. The number of carboxylic acids is 1. The van der Waals surface area contributed by atoms with Crippen LogP contribution in [0.1, 0.15) is 83.6 Å². The number of ketones is 1. The molecule has 8 heteroatoms. The first-order chi connectivity index (χ1) is 18.6. The summed E-state index contributed by atoms with van der Waals surface area (Å²) in [4.78, 5) is 47.0. The monoisotopic (exact) mass is 538 g/mol. The molecule has 0 amide bonds. The van der Waals surface area contributed by atoms with E-state index in [1.807, 2.05) is 6.08 Å². The maximum Gasteiger partial charge on any atom is 0.508 e. The molecule has 0 aliphatic heterocycles. The molecule has 4 aliphatic carbocycles. The molecule has 0 bridgehead atoms. The van der Waals surface area contributed by atoms with Crippen LogP contribution in [0.3, 0.4) is 0 Å². The highest BCUT2D eigenvalue weighted by molar-refractivity contribution is 5.91. The van der Waals surface area contributed by atoms with Gasteiger partial charge >= 0.3 is 18.1 Å². The lowest BCUT2D eigenvalue weighted by molar-refractivity contribution is -0.142. The Morgan fingerprint density at radius 3 is 2.46 bits per heavy atom. The molecule has 0 heterocycles.